The van der Waals surface area contributed by atoms with Crippen molar-refractivity contribution in [3.63, 3.8) is 0 Å². The molecule has 4 bridgehead atoms. The van der Waals surface area contributed by atoms with Crippen LogP contribution in [0.15, 0.2) is 36.4 Å². The summed E-state index contributed by atoms with van der Waals surface area (Å²) >= 11 is 0. The molecule has 4 saturated carbocycles. The lowest BCUT2D eigenvalue weighted by Crippen LogP contribution is -2.61. The highest BCUT2D eigenvalue weighted by Gasteiger charge is 2.55. The Balaban J connectivity index is 1.13. The molecule has 8 nitrogen and oxygen atoms in total. The molecule has 2 heterocycles. The standard InChI is InChI=1S/C28H33FN4O4/c1-16-15-32(20-5-6-22(29)21(11-20)27(35)36)7-8-33(16)24-4-2-3-23(30-24)26(34)31-25-18-9-17-10-19(25)14-28(37,12-17)13-18/h2-6,11,16-19,25,37H,7-10,12-15H2,1H3,(H,31,34)(H,35,36)/t16-,17?,18?,19?,25?,28?/m1/s1. The predicted octanol–water partition coefficient (Wildman–Crippen LogP) is 3.30. The summed E-state index contributed by atoms with van der Waals surface area (Å²) in [7, 11) is 0. The van der Waals surface area contributed by atoms with Gasteiger partial charge in [0.2, 0.25) is 0 Å². The number of nitrogens with zero attached hydrogens (tertiary/aromatic N) is 3. The number of pyridine rings is 1. The van der Waals surface area contributed by atoms with E-state index in [2.05, 4.69) is 17.1 Å². The Kier molecular flexibility index (Phi) is 5.86. The number of anilines is 2. The number of hydrogen-bond acceptors (Lipinski definition) is 6. The van der Waals surface area contributed by atoms with Crippen molar-refractivity contribution in [2.24, 2.45) is 17.8 Å². The molecule has 196 valence electrons. The molecule has 2 unspecified atom stereocenters. The summed E-state index contributed by atoms with van der Waals surface area (Å²) in [4.78, 5) is 33.5. The number of aromatic carboxylic acids is 1. The minimum Gasteiger partial charge on any atom is -0.478 e. The van der Waals surface area contributed by atoms with E-state index in [1.807, 2.05) is 17.0 Å². The number of hydrogen-bond donors (Lipinski definition) is 3. The fourth-order valence-corrected chi connectivity index (χ4v) is 7.56. The Morgan fingerprint density at radius 1 is 1.11 bits per heavy atom. The third kappa shape index (κ3) is 4.43. The highest BCUT2D eigenvalue weighted by atomic mass is 19.1. The average Bonchev–Trinajstić information content (AvgIpc) is 2.85. The largest absolute Gasteiger partial charge is 0.478 e. The number of halogens is 1. The number of piperazine rings is 1. The molecule has 0 spiro atoms. The van der Waals surface area contributed by atoms with E-state index in [0.717, 1.165) is 37.9 Å². The number of carbonyl (C=O) groups is 2. The van der Waals surface area contributed by atoms with Gasteiger partial charge < -0.3 is 25.3 Å². The first-order valence-corrected chi connectivity index (χ1v) is 13.2. The highest BCUT2D eigenvalue weighted by molar-refractivity contribution is 5.93. The Morgan fingerprint density at radius 3 is 2.54 bits per heavy atom. The van der Waals surface area contributed by atoms with Crippen molar-refractivity contribution in [2.75, 3.05) is 29.4 Å². The molecule has 37 heavy (non-hydrogen) atoms. The van der Waals surface area contributed by atoms with Gasteiger partial charge in [0.25, 0.3) is 5.91 Å². The third-order valence-electron chi connectivity index (χ3n) is 8.97. The second kappa shape index (κ2) is 8.97. The maximum Gasteiger partial charge on any atom is 0.338 e. The van der Waals surface area contributed by atoms with Crippen molar-refractivity contribution in [1.82, 2.24) is 10.3 Å². The van der Waals surface area contributed by atoms with E-state index in [1.165, 1.54) is 12.1 Å². The molecule has 1 aliphatic heterocycles. The molecular weight excluding hydrogens is 475 g/mol. The van der Waals surface area contributed by atoms with Crippen LogP contribution in [0, 0.1) is 23.6 Å². The van der Waals surface area contributed by atoms with Gasteiger partial charge in [0.15, 0.2) is 0 Å². The van der Waals surface area contributed by atoms with Crippen LogP contribution < -0.4 is 15.1 Å². The average molecular weight is 509 g/mol. The van der Waals surface area contributed by atoms with Gasteiger partial charge in [0, 0.05) is 37.4 Å². The highest BCUT2D eigenvalue weighted by Crippen LogP contribution is 2.55. The number of carbonyl (C=O) groups excluding carboxylic acids is 1. The van der Waals surface area contributed by atoms with Crippen LogP contribution in [0.5, 0.6) is 0 Å². The van der Waals surface area contributed by atoms with Gasteiger partial charge in [-0.05, 0) is 87.1 Å². The zero-order valence-corrected chi connectivity index (χ0v) is 20.9. The molecule has 1 aromatic carbocycles. The maximum atomic E-state index is 13.8. The molecule has 1 amide bonds. The zero-order valence-electron chi connectivity index (χ0n) is 20.9. The van der Waals surface area contributed by atoms with Crippen LogP contribution in [0.4, 0.5) is 15.9 Å². The summed E-state index contributed by atoms with van der Waals surface area (Å²) in [6, 6.07) is 9.84. The summed E-state index contributed by atoms with van der Waals surface area (Å²) in [6.07, 6.45) is 4.64. The normalized spacial score (nSPS) is 32.5. The number of amides is 1. The van der Waals surface area contributed by atoms with E-state index in [1.54, 1.807) is 12.1 Å². The lowest BCUT2D eigenvalue weighted by molar-refractivity contribution is -0.136. The Bertz CT molecular complexity index is 1220. The number of rotatable bonds is 5. The van der Waals surface area contributed by atoms with Gasteiger partial charge in [-0.2, -0.15) is 0 Å². The molecule has 5 fully saturated rings. The molecule has 3 atom stereocenters. The first-order valence-electron chi connectivity index (χ1n) is 13.2. The number of aliphatic hydroxyl groups is 1. The first-order chi connectivity index (χ1) is 17.7. The van der Waals surface area contributed by atoms with Crippen LogP contribution in [-0.2, 0) is 0 Å². The molecule has 1 aromatic heterocycles. The van der Waals surface area contributed by atoms with Gasteiger partial charge in [-0.1, -0.05) is 6.07 Å². The minimum atomic E-state index is -1.28. The smallest absolute Gasteiger partial charge is 0.338 e. The molecule has 0 radical (unpaired) electrons. The summed E-state index contributed by atoms with van der Waals surface area (Å²) in [5, 5.41) is 23.4. The van der Waals surface area contributed by atoms with Crippen molar-refractivity contribution in [3.8, 4) is 0 Å². The topological polar surface area (TPSA) is 106 Å². The van der Waals surface area contributed by atoms with Crippen LogP contribution in [0.1, 0.15) is 59.9 Å². The number of carboxylic acids is 1. The van der Waals surface area contributed by atoms with Crippen molar-refractivity contribution in [1.29, 1.82) is 0 Å². The SMILES string of the molecule is C[C@@H]1CN(c2ccc(F)c(C(=O)O)c2)CCN1c1cccc(C(=O)NC2C3CC4CC2CC(O)(C4)C3)n1. The van der Waals surface area contributed by atoms with Crippen molar-refractivity contribution in [3.05, 3.63) is 53.5 Å². The molecule has 2 aromatic rings. The molecule has 9 heteroatoms. The lowest BCUT2D eigenvalue weighted by Gasteiger charge is -2.58. The van der Waals surface area contributed by atoms with Gasteiger partial charge in [0.1, 0.15) is 17.3 Å². The van der Waals surface area contributed by atoms with Crippen LogP contribution in [0.25, 0.3) is 0 Å². The van der Waals surface area contributed by atoms with E-state index in [0.29, 0.717) is 48.8 Å². The number of benzene rings is 1. The quantitative estimate of drug-likeness (QED) is 0.569. The molecule has 4 aliphatic carbocycles. The fourth-order valence-electron chi connectivity index (χ4n) is 7.56. The maximum absolute atomic E-state index is 13.8. The summed E-state index contributed by atoms with van der Waals surface area (Å²) in [5.74, 6) is -0.201. The summed E-state index contributed by atoms with van der Waals surface area (Å²) in [5.41, 5.74) is 0.203. The van der Waals surface area contributed by atoms with Gasteiger partial charge in [-0.25, -0.2) is 14.2 Å². The van der Waals surface area contributed by atoms with Gasteiger partial charge >= 0.3 is 5.97 Å². The Hall–Kier alpha value is -3.20. The van der Waals surface area contributed by atoms with Gasteiger partial charge in [-0.3, -0.25) is 4.79 Å². The predicted molar refractivity (Wildman–Crippen MR) is 136 cm³/mol. The van der Waals surface area contributed by atoms with Gasteiger partial charge in [0.05, 0.1) is 11.2 Å². The number of carboxylic acid groups (broad SMARTS) is 1. The monoisotopic (exact) mass is 508 g/mol. The second-order valence-electron chi connectivity index (χ2n) is 11.5. The van der Waals surface area contributed by atoms with Crippen molar-refractivity contribution >= 4 is 23.4 Å². The van der Waals surface area contributed by atoms with E-state index in [9.17, 15) is 24.2 Å². The lowest BCUT2D eigenvalue weighted by atomic mass is 9.52. The molecule has 5 aliphatic rings. The molecular formula is C28H33FN4O4. The van der Waals surface area contributed by atoms with Crippen molar-refractivity contribution in [2.45, 2.75) is 56.7 Å². The van der Waals surface area contributed by atoms with Crippen LogP contribution in [0.2, 0.25) is 0 Å². The summed E-state index contributed by atoms with van der Waals surface area (Å²) < 4.78 is 13.8. The van der Waals surface area contributed by atoms with E-state index >= 15 is 0 Å². The number of aromatic nitrogens is 1. The molecule has 7 rings (SSSR count). The van der Waals surface area contributed by atoms with E-state index in [-0.39, 0.29) is 23.6 Å². The zero-order chi connectivity index (χ0) is 25.9. The third-order valence-corrected chi connectivity index (χ3v) is 8.97. The van der Waals surface area contributed by atoms with Crippen LogP contribution >= 0.6 is 0 Å². The Morgan fingerprint density at radius 2 is 1.86 bits per heavy atom. The van der Waals surface area contributed by atoms with E-state index < -0.39 is 17.4 Å². The van der Waals surface area contributed by atoms with Crippen molar-refractivity contribution < 1.29 is 24.2 Å². The Labute approximate surface area is 215 Å². The molecule has 3 N–H and O–H groups in total. The van der Waals surface area contributed by atoms with Crippen LogP contribution in [0.3, 0.4) is 0 Å². The molecule has 1 saturated heterocycles. The van der Waals surface area contributed by atoms with Crippen LogP contribution in [-0.4, -0.2) is 64.4 Å². The van der Waals surface area contributed by atoms with E-state index in [4.69, 9.17) is 4.98 Å². The summed E-state index contributed by atoms with van der Waals surface area (Å²) in [6.45, 7) is 3.91. The number of nitrogens with one attached hydrogen (secondary N) is 1. The second-order valence-corrected chi connectivity index (χ2v) is 11.5. The first kappa shape index (κ1) is 24.2. The van der Waals surface area contributed by atoms with Gasteiger partial charge in [-0.15, -0.1) is 0 Å². The fraction of sp³-hybridized carbons (Fsp3) is 0.536. The minimum absolute atomic E-state index is 0.0445.